The summed E-state index contributed by atoms with van der Waals surface area (Å²) in [5.74, 6) is -0.502. The van der Waals surface area contributed by atoms with E-state index in [0.29, 0.717) is 5.69 Å². The average molecular weight is 261 g/mol. The zero-order valence-electron chi connectivity index (χ0n) is 10.8. The molecule has 100 valence electrons. The van der Waals surface area contributed by atoms with E-state index in [1.807, 2.05) is 0 Å². The van der Waals surface area contributed by atoms with Gasteiger partial charge in [-0.25, -0.2) is 4.79 Å². The molecule has 1 aliphatic rings. The Morgan fingerprint density at radius 2 is 2.11 bits per heavy atom. The number of ketones is 1. The number of imide groups is 1. The van der Waals surface area contributed by atoms with E-state index in [1.54, 1.807) is 25.1 Å². The van der Waals surface area contributed by atoms with Gasteiger partial charge in [-0.1, -0.05) is 6.07 Å². The van der Waals surface area contributed by atoms with Gasteiger partial charge in [0, 0.05) is 12.1 Å². The molecule has 0 bridgehead atoms. The van der Waals surface area contributed by atoms with Gasteiger partial charge in [-0.3, -0.25) is 15.1 Å². The summed E-state index contributed by atoms with van der Waals surface area (Å²) in [6.07, 6.45) is 0.402. The molecule has 6 nitrogen and oxygen atoms in total. The first-order chi connectivity index (χ1) is 8.94. The summed E-state index contributed by atoms with van der Waals surface area (Å²) >= 11 is 0. The molecule has 1 fully saturated rings. The van der Waals surface area contributed by atoms with Gasteiger partial charge in [0.15, 0.2) is 5.54 Å². The lowest BCUT2D eigenvalue weighted by atomic mass is 9.88. The van der Waals surface area contributed by atoms with Crippen molar-refractivity contribution in [2.75, 3.05) is 0 Å². The molecule has 1 aromatic heterocycles. The summed E-state index contributed by atoms with van der Waals surface area (Å²) in [5.41, 5.74) is -0.0415. The predicted molar refractivity (Wildman–Crippen MR) is 67.2 cm³/mol. The zero-order chi connectivity index (χ0) is 14.0. The number of Topliss-reactive ketones (excluding diaryl/α,β-unsaturated/α-hetero) is 1. The number of carbonyl (C=O) groups excluding carboxylic acids is 3. The maximum absolute atomic E-state index is 12.1. The highest BCUT2D eigenvalue weighted by Gasteiger charge is 2.48. The Bertz CT molecular complexity index is 556. The van der Waals surface area contributed by atoms with Crippen LogP contribution in [-0.2, 0) is 15.1 Å². The minimum atomic E-state index is -1.24. The number of aryl methyl sites for hydroxylation is 1. The van der Waals surface area contributed by atoms with Crippen LogP contribution in [0.15, 0.2) is 18.2 Å². The molecular weight excluding hydrogens is 246 g/mol. The fourth-order valence-corrected chi connectivity index (χ4v) is 2.12. The van der Waals surface area contributed by atoms with Crippen molar-refractivity contribution in [1.29, 1.82) is 0 Å². The summed E-state index contributed by atoms with van der Waals surface area (Å²) in [6.45, 7) is 3.25. The van der Waals surface area contributed by atoms with Crippen LogP contribution in [-0.4, -0.2) is 22.7 Å². The van der Waals surface area contributed by atoms with E-state index in [1.165, 1.54) is 6.92 Å². The quantitative estimate of drug-likeness (QED) is 0.784. The highest BCUT2D eigenvalue weighted by atomic mass is 16.2. The van der Waals surface area contributed by atoms with E-state index in [-0.39, 0.29) is 18.6 Å². The van der Waals surface area contributed by atoms with Gasteiger partial charge in [0.1, 0.15) is 5.78 Å². The normalized spacial score (nSPS) is 22.0. The molecule has 1 unspecified atom stereocenters. The van der Waals surface area contributed by atoms with Crippen LogP contribution in [0.25, 0.3) is 0 Å². The minimum Gasteiger partial charge on any atom is -0.318 e. The van der Waals surface area contributed by atoms with Gasteiger partial charge < -0.3 is 10.1 Å². The van der Waals surface area contributed by atoms with Gasteiger partial charge in [-0.2, -0.15) is 0 Å². The Morgan fingerprint density at radius 1 is 1.37 bits per heavy atom. The molecule has 0 aliphatic carbocycles. The molecule has 0 saturated carbocycles. The number of amides is 3. The molecule has 0 aromatic carbocycles. The lowest BCUT2D eigenvalue weighted by Crippen LogP contribution is -2.45. The number of nitrogens with zero attached hydrogens (tertiary/aromatic N) is 1. The van der Waals surface area contributed by atoms with Gasteiger partial charge in [0.2, 0.25) is 0 Å². The van der Waals surface area contributed by atoms with Crippen LogP contribution in [0, 0.1) is 6.92 Å². The van der Waals surface area contributed by atoms with Gasteiger partial charge in [0.05, 0.1) is 5.69 Å². The number of aromatic nitrogens is 1. The molecule has 0 radical (unpaired) electrons. The fraction of sp³-hybridized carbons (Fsp3) is 0.385. The molecule has 19 heavy (non-hydrogen) atoms. The Kier molecular flexibility index (Phi) is 3.33. The molecular formula is C13H15N3O3. The largest absolute Gasteiger partial charge is 0.322 e. The number of urea groups is 1. The van der Waals surface area contributed by atoms with E-state index in [2.05, 4.69) is 15.6 Å². The van der Waals surface area contributed by atoms with Crippen LogP contribution < -0.4 is 10.6 Å². The highest BCUT2D eigenvalue weighted by Crippen LogP contribution is 2.28. The third kappa shape index (κ3) is 2.47. The van der Waals surface area contributed by atoms with Gasteiger partial charge in [-0.05, 0) is 32.4 Å². The van der Waals surface area contributed by atoms with Crippen molar-refractivity contribution in [1.82, 2.24) is 15.6 Å². The molecule has 1 aliphatic heterocycles. The number of hydrogen-bond donors (Lipinski definition) is 2. The Morgan fingerprint density at radius 3 is 2.63 bits per heavy atom. The van der Waals surface area contributed by atoms with Crippen molar-refractivity contribution >= 4 is 17.7 Å². The van der Waals surface area contributed by atoms with Crippen molar-refractivity contribution in [3.8, 4) is 0 Å². The predicted octanol–water partition coefficient (Wildman–Crippen LogP) is 0.794. The Labute approximate surface area is 110 Å². The summed E-state index contributed by atoms with van der Waals surface area (Å²) in [6, 6.07) is 4.69. The van der Waals surface area contributed by atoms with Crippen LogP contribution in [0.4, 0.5) is 4.79 Å². The molecule has 1 atom stereocenters. The van der Waals surface area contributed by atoms with E-state index in [0.717, 1.165) is 5.69 Å². The molecule has 6 heteroatoms. The Balaban J connectivity index is 2.42. The zero-order valence-corrected chi connectivity index (χ0v) is 10.8. The summed E-state index contributed by atoms with van der Waals surface area (Å²) in [5, 5.41) is 4.81. The van der Waals surface area contributed by atoms with Crippen molar-refractivity contribution in [2.24, 2.45) is 0 Å². The maximum atomic E-state index is 12.1. The smallest absolute Gasteiger partial charge is 0.318 e. The van der Waals surface area contributed by atoms with Crippen LogP contribution in [0.3, 0.4) is 0 Å². The van der Waals surface area contributed by atoms with E-state index >= 15 is 0 Å². The van der Waals surface area contributed by atoms with Crippen molar-refractivity contribution in [3.05, 3.63) is 29.6 Å². The first-order valence-corrected chi connectivity index (χ1v) is 6.01. The SMILES string of the molecule is CC(=O)CCC1(c2cccc(C)n2)NC(=O)NC1=O. The number of carbonyl (C=O) groups is 3. The molecule has 2 N–H and O–H groups in total. The molecule has 3 amide bonds. The Hall–Kier alpha value is -2.24. The second-order valence-electron chi connectivity index (χ2n) is 4.68. The highest BCUT2D eigenvalue weighted by molar-refractivity contribution is 6.07. The van der Waals surface area contributed by atoms with E-state index in [9.17, 15) is 14.4 Å². The van der Waals surface area contributed by atoms with Gasteiger partial charge in [0.25, 0.3) is 5.91 Å². The van der Waals surface area contributed by atoms with Crippen molar-refractivity contribution < 1.29 is 14.4 Å². The standard InChI is InChI=1S/C13H15N3O3/c1-8-4-3-5-10(14-8)13(7-6-9(2)17)11(18)15-12(19)16-13/h3-5H,6-7H2,1-2H3,(H2,15,16,18,19). The second-order valence-corrected chi connectivity index (χ2v) is 4.68. The lowest BCUT2D eigenvalue weighted by molar-refractivity contribution is -0.125. The van der Waals surface area contributed by atoms with Crippen molar-refractivity contribution in [2.45, 2.75) is 32.2 Å². The molecule has 2 rings (SSSR count). The molecule has 0 spiro atoms. The van der Waals surface area contributed by atoms with Crippen LogP contribution in [0.2, 0.25) is 0 Å². The average Bonchev–Trinajstić information content (AvgIpc) is 2.62. The van der Waals surface area contributed by atoms with Gasteiger partial charge >= 0.3 is 6.03 Å². The number of rotatable bonds is 4. The number of hydrogen-bond acceptors (Lipinski definition) is 4. The molecule has 1 saturated heterocycles. The third-order valence-corrected chi connectivity index (χ3v) is 3.12. The topological polar surface area (TPSA) is 88.2 Å². The van der Waals surface area contributed by atoms with Gasteiger partial charge in [-0.15, -0.1) is 0 Å². The van der Waals surface area contributed by atoms with Crippen LogP contribution in [0.5, 0.6) is 0 Å². The first kappa shape index (κ1) is 13.2. The number of nitrogens with one attached hydrogen (secondary N) is 2. The van der Waals surface area contributed by atoms with Crippen LogP contribution in [0.1, 0.15) is 31.2 Å². The first-order valence-electron chi connectivity index (χ1n) is 6.01. The van der Waals surface area contributed by atoms with E-state index < -0.39 is 17.5 Å². The molecule has 2 heterocycles. The van der Waals surface area contributed by atoms with E-state index in [4.69, 9.17) is 0 Å². The summed E-state index contributed by atoms with van der Waals surface area (Å²) in [7, 11) is 0. The van der Waals surface area contributed by atoms with Crippen molar-refractivity contribution in [3.63, 3.8) is 0 Å². The monoisotopic (exact) mass is 261 g/mol. The molecule has 1 aromatic rings. The second kappa shape index (κ2) is 4.79. The lowest BCUT2D eigenvalue weighted by Gasteiger charge is -2.25. The third-order valence-electron chi connectivity index (χ3n) is 3.12. The summed E-state index contributed by atoms with van der Waals surface area (Å²) in [4.78, 5) is 39.0. The minimum absolute atomic E-state index is 0.0408. The summed E-state index contributed by atoms with van der Waals surface area (Å²) < 4.78 is 0. The maximum Gasteiger partial charge on any atom is 0.322 e. The van der Waals surface area contributed by atoms with Crippen LogP contribution >= 0.6 is 0 Å². The number of pyridine rings is 1. The fourth-order valence-electron chi connectivity index (χ4n) is 2.12.